The van der Waals surface area contributed by atoms with Crippen LogP contribution in [-0.4, -0.2) is 68.4 Å². The number of carboxylic acid groups (broad SMARTS) is 3. The molecule has 6 N–H and O–H groups in total. The van der Waals surface area contributed by atoms with Gasteiger partial charge in [-0.1, -0.05) is 173 Å². The van der Waals surface area contributed by atoms with Crippen molar-refractivity contribution in [3.05, 3.63) is 0 Å². The van der Waals surface area contributed by atoms with Crippen LogP contribution in [0.15, 0.2) is 0 Å². The number of aliphatic hydroxyl groups is 3. The van der Waals surface area contributed by atoms with Crippen LogP contribution >= 0.6 is 0 Å². The molecule has 9 nitrogen and oxygen atoms in total. The summed E-state index contributed by atoms with van der Waals surface area (Å²) in [5, 5.41) is 58.4. The van der Waals surface area contributed by atoms with Gasteiger partial charge in [-0.15, -0.1) is 0 Å². The first-order chi connectivity index (χ1) is 26.2. The highest BCUT2D eigenvalue weighted by atomic mass is 16.4. The van der Waals surface area contributed by atoms with Gasteiger partial charge in [0.15, 0.2) is 0 Å². The normalized spacial score (nSPS) is 12.1. The van der Waals surface area contributed by atoms with E-state index in [9.17, 15) is 29.7 Å². The molecule has 0 aromatic rings. The molecule has 0 aliphatic rings. The smallest absolute Gasteiger partial charge is 0.303 e. The molecule has 0 spiro atoms. The van der Waals surface area contributed by atoms with Crippen molar-refractivity contribution in [2.75, 3.05) is 19.8 Å². The van der Waals surface area contributed by atoms with Crippen LogP contribution in [-0.2, 0) is 14.4 Å². The quantitative estimate of drug-likeness (QED) is 0.0330. The molecule has 0 aromatic carbocycles. The van der Waals surface area contributed by atoms with E-state index in [4.69, 9.17) is 15.3 Å². The second kappa shape index (κ2) is 36.9. The van der Waals surface area contributed by atoms with Gasteiger partial charge in [-0.2, -0.15) is 0 Å². The Morgan fingerprint density at radius 1 is 0.278 bits per heavy atom. The minimum Gasteiger partial charge on any atom is -0.481 e. The molecule has 0 rings (SSSR count). The molecule has 0 radical (unpaired) electrons. The minimum absolute atomic E-state index is 0.0359. The van der Waals surface area contributed by atoms with E-state index in [1.54, 1.807) is 0 Å². The first-order valence-corrected chi connectivity index (χ1v) is 22.7. The fourth-order valence-electron chi connectivity index (χ4n) is 8.65. The molecule has 0 aliphatic carbocycles. The van der Waals surface area contributed by atoms with Crippen LogP contribution in [0.2, 0.25) is 0 Å². The fraction of sp³-hybridized carbons (Fsp3) is 0.933. The van der Waals surface area contributed by atoms with Gasteiger partial charge in [0.25, 0.3) is 0 Å². The van der Waals surface area contributed by atoms with Gasteiger partial charge in [-0.05, 0) is 50.4 Å². The molecule has 0 fully saturated rings. The molecular weight excluding hydrogens is 684 g/mol. The first kappa shape index (κ1) is 52.3. The number of rotatable bonds is 44. The van der Waals surface area contributed by atoms with Gasteiger partial charge in [-0.25, -0.2) is 0 Å². The largest absolute Gasteiger partial charge is 0.481 e. The maximum Gasteiger partial charge on any atom is 0.303 e. The first-order valence-electron chi connectivity index (χ1n) is 22.7. The minimum atomic E-state index is -0.706. The molecule has 0 saturated carbocycles. The zero-order valence-electron chi connectivity index (χ0n) is 34.7. The molecule has 9 heteroatoms. The third-order valence-electron chi connectivity index (χ3n) is 12.2. The van der Waals surface area contributed by atoms with Crippen LogP contribution in [0.4, 0.5) is 0 Å². The van der Waals surface area contributed by atoms with E-state index in [1.165, 1.54) is 96.3 Å². The summed E-state index contributed by atoms with van der Waals surface area (Å²) >= 11 is 0. The van der Waals surface area contributed by atoms with E-state index in [2.05, 4.69) is 0 Å². The van der Waals surface area contributed by atoms with Crippen molar-refractivity contribution >= 4 is 17.9 Å². The zero-order valence-corrected chi connectivity index (χ0v) is 34.7. The lowest BCUT2D eigenvalue weighted by atomic mass is 9.55. The molecule has 54 heavy (non-hydrogen) atoms. The van der Waals surface area contributed by atoms with Gasteiger partial charge in [0.2, 0.25) is 0 Å². The predicted molar refractivity (Wildman–Crippen MR) is 220 cm³/mol. The molecule has 0 aliphatic heterocycles. The Labute approximate surface area is 330 Å². The van der Waals surface area contributed by atoms with Gasteiger partial charge >= 0.3 is 17.9 Å². The molecule has 0 unspecified atom stereocenters. The summed E-state index contributed by atoms with van der Waals surface area (Å²) in [6, 6.07) is 0. The van der Waals surface area contributed by atoms with Gasteiger partial charge in [0.05, 0.1) is 13.2 Å². The summed E-state index contributed by atoms with van der Waals surface area (Å²) in [7, 11) is 0. The zero-order chi connectivity index (χ0) is 40.0. The van der Waals surface area contributed by atoms with Crippen LogP contribution in [0, 0.1) is 10.8 Å². The van der Waals surface area contributed by atoms with E-state index < -0.39 is 23.3 Å². The van der Waals surface area contributed by atoms with E-state index in [-0.39, 0.29) is 44.5 Å². The van der Waals surface area contributed by atoms with Crippen LogP contribution in [0.3, 0.4) is 0 Å². The highest BCUT2D eigenvalue weighted by Gasteiger charge is 2.48. The highest BCUT2D eigenvalue weighted by Crippen LogP contribution is 2.53. The number of carbonyl (C=O) groups is 3. The van der Waals surface area contributed by atoms with Crippen molar-refractivity contribution in [2.45, 2.75) is 238 Å². The lowest BCUT2D eigenvalue weighted by Gasteiger charge is -2.50. The number of unbranched alkanes of at least 4 members (excludes halogenated alkanes) is 27. The van der Waals surface area contributed by atoms with Crippen molar-refractivity contribution in [2.24, 2.45) is 10.8 Å². The maximum atomic E-state index is 10.9. The van der Waals surface area contributed by atoms with E-state index in [0.29, 0.717) is 6.42 Å². The van der Waals surface area contributed by atoms with E-state index in [1.807, 2.05) is 0 Å². The van der Waals surface area contributed by atoms with Crippen molar-refractivity contribution < 1.29 is 45.0 Å². The Kier molecular flexibility index (Phi) is 35.7. The average molecular weight is 771 g/mol. The van der Waals surface area contributed by atoms with Crippen LogP contribution in [0.25, 0.3) is 0 Å². The second-order valence-electron chi connectivity index (χ2n) is 16.6. The van der Waals surface area contributed by atoms with Crippen LogP contribution in [0.5, 0.6) is 0 Å². The van der Waals surface area contributed by atoms with Gasteiger partial charge in [-0.3, -0.25) is 14.4 Å². The summed E-state index contributed by atoms with van der Waals surface area (Å²) < 4.78 is 0. The van der Waals surface area contributed by atoms with Gasteiger partial charge < -0.3 is 30.6 Å². The predicted octanol–water partition coefficient (Wildman–Crippen LogP) is 11.6. The number of hydrogen-bond donors (Lipinski definition) is 6. The standard InChI is InChI=1S/C45H86O9/c46-38-37-45(39-47,40-48)44(34-28-22-16-10-4-1-7-13-19-25-31-41(49)50,35-29-23-17-11-5-2-8-14-20-26-32-42(51)52)36-30-24-18-12-6-3-9-15-21-27-33-43(53)54/h46-48H,1-40H2,(H,49,50)(H,51,52)(H,53,54). The summed E-state index contributed by atoms with van der Waals surface area (Å²) in [6.45, 7) is -0.239. The Balaban J connectivity index is 5.05. The fourth-order valence-corrected chi connectivity index (χ4v) is 8.65. The number of carboxylic acids is 3. The monoisotopic (exact) mass is 771 g/mol. The molecule has 0 bridgehead atoms. The lowest BCUT2D eigenvalue weighted by Crippen LogP contribution is -2.48. The summed E-state index contributed by atoms with van der Waals surface area (Å²) in [6.07, 6.45) is 37.3. The summed E-state index contributed by atoms with van der Waals surface area (Å²) in [5.41, 5.74) is -0.898. The number of aliphatic carboxylic acids is 3. The Morgan fingerprint density at radius 2 is 0.481 bits per heavy atom. The third kappa shape index (κ3) is 28.7. The molecule has 320 valence electrons. The second-order valence-corrected chi connectivity index (χ2v) is 16.6. The molecular formula is C45H86O9. The van der Waals surface area contributed by atoms with Crippen molar-refractivity contribution in [1.29, 1.82) is 0 Å². The van der Waals surface area contributed by atoms with E-state index in [0.717, 1.165) is 116 Å². The van der Waals surface area contributed by atoms with Gasteiger partial charge in [0.1, 0.15) is 0 Å². The third-order valence-corrected chi connectivity index (χ3v) is 12.2. The molecule has 0 amide bonds. The highest BCUT2D eigenvalue weighted by molar-refractivity contribution is 5.67. The van der Waals surface area contributed by atoms with E-state index >= 15 is 0 Å². The van der Waals surface area contributed by atoms with Crippen molar-refractivity contribution in [3.8, 4) is 0 Å². The topological polar surface area (TPSA) is 173 Å². The lowest BCUT2D eigenvalue weighted by molar-refractivity contribution is -0.138. The van der Waals surface area contributed by atoms with Crippen LogP contribution in [0.1, 0.15) is 238 Å². The Morgan fingerprint density at radius 3 is 0.667 bits per heavy atom. The van der Waals surface area contributed by atoms with Gasteiger partial charge in [0, 0.05) is 31.3 Å². The Hall–Kier alpha value is -1.71. The molecule has 0 atom stereocenters. The van der Waals surface area contributed by atoms with Crippen molar-refractivity contribution in [1.82, 2.24) is 0 Å². The van der Waals surface area contributed by atoms with Crippen molar-refractivity contribution in [3.63, 3.8) is 0 Å². The molecule has 0 aromatic heterocycles. The Bertz CT molecular complexity index is 780. The summed E-state index contributed by atoms with van der Waals surface area (Å²) in [5.74, 6) is -2.12. The average Bonchev–Trinajstić information content (AvgIpc) is 3.14. The summed E-state index contributed by atoms with van der Waals surface area (Å²) in [4.78, 5) is 32.1. The van der Waals surface area contributed by atoms with Crippen LogP contribution < -0.4 is 0 Å². The maximum absolute atomic E-state index is 10.9. The number of hydrogen-bond acceptors (Lipinski definition) is 6. The molecule has 0 heterocycles. The SMILES string of the molecule is O=C(O)CCCCCCCCCCCCC(CCCCCCCCCCCCC(=O)O)(CCCCCCCCCCCCC(=O)O)C(CO)(CO)CCO. The number of aliphatic hydroxyl groups excluding tert-OH is 3. The molecule has 0 saturated heterocycles.